The SMILES string of the molecule is O=C(NCC1Cc2cccc(C(=O)O)c2OB1O)c1cncnc1. The molecule has 24 heavy (non-hydrogen) atoms. The van der Waals surface area contributed by atoms with Crippen LogP contribution in [0.15, 0.2) is 36.9 Å². The molecule has 1 atom stereocenters. The van der Waals surface area contributed by atoms with Crippen LogP contribution in [0.25, 0.3) is 0 Å². The molecule has 1 amide bonds. The number of carboxylic acids is 1. The van der Waals surface area contributed by atoms with Crippen molar-refractivity contribution in [2.24, 2.45) is 0 Å². The van der Waals surface area contributed by atoms with Gasteiger partial charge in [0.1, 0.15) is 12.1 Å². The fourth-order valence-electron chi connectivity index (χ4n) is 2.57. The maximum atomic E-state index is 12.0. The highest BCUT2D eigenvalue weighted by atomic mass is 16.5. The van der Waals surface area contributed by atoms with E-state index in [-0.39, 0.29) is 23.8 Å². The predicted molar refractivity (Wildman–Crippen MR) is 83.8 cm³/mol. The van der Waals surface area contributed by atoms with Crippen LogP contribution in [0, 0.1) is 0 Å². The van der Waals surface area contributed by atoms with Crippen molar-refractivity contribution in [2.45, 2.75) is 12.2 Å². The van der Waals surface area contributed by atoms with Gasteiger partial charge < -0.3 is 20.1 Å². The number of fused-ring (bicyclic) bond motifs is 1. The minimum absolute atomic E-state index is 0.00969. The summed E-state index contributed by atoms with van der Waals surface area (Å²) in [6.07, 6.45) is 4.50. The zero-order valence-electron chi connectivity index (χ0n) is 12.5. The minimum atomic E-state index is -1.20. The molecule has 0 aliphatic carbocycles. The maximum absolute atomic E-state index is 12.0. The first-order valence-electron chi connectivity index (χ1n) is 7.29. The number of rotatable bonds is 4. The molecule has 0 bridgehead atoms. The largest absolute Gasteiger partial charge is 0.535 e. The van der Waals surface area contributed by atoms with E-state index in [9.17, 15) is 14.6 Å². The number of hydrogen-bond acceptors (Lipinski definition) is 6. The van der Waals surface area contributed by atoms with Gasteiger partial charge in [0, 0.05) is 24.8 Å². The average Bonchev–Trinajstić information content (AvgIpc) is 2.59. The highest BCUT2D eigenvalue weighted by Gasteiger charge is 2.36. The molecule has 1 aliphatic rings. The molecule has 122 valence electrons. The standard InChI is InChI=1S/C15H14BN3O5/c20-14(10-5-17-8-18-6-10)19-7-11-4-9-2-1-3-12(15(21)22)13(9)24-16(11)23/h1-3,5-6,8,11,23H,4,7H2,(H,19,20)(H,21,22). The second-order valence-corrected chi connectivity index (χ2v) is 5.41. The Morgan fingerprint density at radius 3 is 2.79 bits per heavy atom. The Bertz CT molecular complexity index is 771. The van der Waals surface area contributed by atoms with Gasteiger partial charge in [-0.2, -0.15) is 0 Å². The van der Waals surface area contributed by atoms with E-state index in [2.05, 4.69) is 15.3 Å². The van der Waals surface area contributed by atoms with Crippen LogP contribution >= 0.6 is 0 Å². The fourth-order valence-corrected chi connectivity index (χ4v) is 2.57. The molecule has 2 heterocycles. The van der Waals surface area contributed by atoms with Crippen LogP contribution in [0.1, 0.15) is 26.3 Å². The van der Waals surface area contributed by atoms with Crippen molar-refractivity contribution in [3.63, 3.8) is 0 Å². The van der Waals surface area contributed by atoms with Crippen LogP contribution in [0.5, 0.6) is 5.75 Å². The van der Waals surface area contributed by atoms with Crippen LogP contribution in [0.2, 0.25) is 5.82 Å². The molecule has 0 radical (unpaired) electrons. The normalized spacial score (nSPS) is 16.0. The Balaban J connectivity index is 1.70. The molecule has 8 nitrogen and oxygen atoms in total. The number of hydrogen-bond donors (Lipinski definition) is 3. The lowest BCUT2D eigenvalue weighted by Gasteiger charge is -2.28. The Kier molecular flexibility index (Phi) is 4.43. The van der Waals surface area contributed by atoms with E-state index in [1.54, 1.807) is 12.1 Å². The van der Waals surface area contributed by atoms with Crippen molar-refractivity contribution in [1.29, 1.82) is 0 Å². The number of para-hydroxylation sites is 1. The number of nitrogens with zero attached hydrogens (tertiary/aromatic N) is 2. The molecule has 3 N–H and O–H groups in total. The van der Waals surface area contributed by atoms with Gasteiger partial charge in [0.25, 0.3) is 5.91 Å². The van der Waals surface area contributed by atoms with Crippen LogP contribution in [-0.4, -0.2) is 45.6 Å². The Labute approximate surface area is 137 Å². The molecule has 0 saturated heterocycles. The van der Waals surface area contributed by atoms with Crippen molar-refractivity contribution in [3.8, 4) is 5.75 Å². The van der Waals surface area contributed by atoms with Gasteiger partial charge in [-0.1, -0.05) is 12.1 Å². The van der Waals surface area contributed by atoms with Gasteiger partial charge in [-0.3, -0.25) is 4.79 Å². The summed E-state index contributed by atoms with van der Waals surface area (Å²) in [6, 6.07) is 4.79. The van der Waals surface area contributed by atoms with Crippen molar-refractivity contribution >= 4 is 19.0 Å². The van der Waals surface area contributed by atoms with Crippen LogP contribution < -0.4 is 9.97 Å². The molecule has 9 heteroatoms. The van der Waals surface area contributed by atoms with Gasteiger partial charge in [0.15, 0.2) is 0 Å². The quantitative estimate of drug-likeness (QED) is 0.694. The van der Waals surface area contributed by atoms with Gasteiger partial charge in [-0.05, 0) is 18.1 Å². The van der Waals surface area contributed by atoms with Crippen LogP contribution in [0.4, 0.5) is 0 Å². The third-order valence-corrected chi connectivity index (χ3v) is 3.80. The van der Waals surface area contributed by atoms with Gasteiger partial charge >= 0.3 is 13.1 Å². The summed E-state index contributed by atoms with van der Waals surface area (Å²) in [5.41, 5.74) is 1.01. The number of carbonyl (C=O) groups excluding carboxylic acids is 1. The van der Waals surface area contributed by atoms with Crippen molar-refractivity contribution < 1.29 is 24.4 Å². The summed E-state index contributed by atoms with van der Waals surface area (Å²) in [5.74, 6) is -1.69. The topological polar surface area (TPSA) is 122 Å². The zero-order chi connectivity index (χ0) is 17.1. The summed E-state index contributed by atoms with van der Waals surface area (Å²) in [7, 11) is -1.20. The number of nitrogens with one attached hydrogen (secondary N) is 1. The van der Waals surface area contributed by atoms with Crippen molar-refractivity contribution in [1.82, 2.24) is 15.3 Å². The number of carboxylic acid groups (broad SMARTS) is 1. The van der Waals surface area contributed by atoms with E-state index < -0.39 is 18.9 Å². The molecule has 0 saturated carbocycles. The van der Waals surface area contributed by atoms with Crippen LogP contribution in [0.3, 0.4) is 0 Å². The molecule has 1 aromatic heterocycles. The molecule has 3 rings (SSSR count). The first-order chi connectivity index (χ1) is 11.6. The molecule has 2 aromatic rings. The third kappa shape index (κ3) is 3.20. The van der Waals surface area contributed by atoms with Crippen LogP contribution in [-0.2, 0) is 6.42 Å². The summed E-state index contributed by atoms with van der Waals surface area (Å²) in [4.78, 5) is 30.7. The number of carbonyl (C=O) groups is 2. The Hall–Kier alpha value is -2.94. The third-order valence-electron chi connectivity index (χ3n) is 3.80. The van der Waals surface area contributed by atoms with E-state index in [0.29, 0.717) is 17.5 Å². The molecule has 0 spiro atoms. The molecule has 1 aromatic carbocycles. The number of aromatic nitrogens is 2. The van der Waals surface area contributed by atoms with E-state index in [1.165, 1.54) is 24.8 Å². The fraction of sp³-hybridized carbons (Fsp3) is 0.200. The average molecular weight is 327 g/mol. The lowest BCUT2D eigenvalue weighted by molar-refractivity contribution is 0.0694. The number of benzene rings is 1. The first-order valence-corrected chi connectivity index (χ1v) is 7.29. The first kappa shape index (κ1) is 15.9. The van der Waals surface area contributed by atoms with E-state index >= 15 is 0 Å². The predicted octanol–water partition coefficient (Wildman–Crippen LogP) is 0.390. The maximum Gasteiger partial charge on any atom is 0.528 e. The minimum Gasteiger partial charge on any atom is -0.535 e. The lowest BCUT2D eigenvalue weighted by atomic mass is 9.66. The highest BCUT2D eigenvalue weighted by molar-refractivity contribution is 6.46. The second kappa shape index (κ2) is 6.67. The smallest absolute Gasteiger partial charge is 0.528 e. The highest BCUT2D eigenvalue weighted by Crippen LogP contribution is 2.34. The van der Waals surface area contributed by atoms with Gasteiger partial charge in [-0.25, -0.2) is 14.8 Å². The number of amides is 1. The monoisotopic (exact) mass is 327 g/mol. The Morgan fingerprint density at radius 1 is 1.33 bits per heavy atom. The summed E-state index contributed by atoms with van der Waals surface area (Å²) in [5, 5.41) is 22.0. The van der Waals surface area contributed by atoms with E-state index in [0.717, 1.165) is 0 Å². The van der Waals surface area contributed by atoms with E-state index in [4.69, 9.17) is 9.76 Å². The second-order valence-electron chi connectivity index (χ2n) is 5.41. The zero-order valence-corrected chi connectivity index (χ0v) is 12.5. The van der Waals surface area contributed by atoms with Gasteiger partial charge in [-0.15, -0.1) is 0 Å². The molecular formula is C15H14BN3O5. The summed E-state index contributed by atoms with van der Waals surface area (Å²) in [6.45, 7) is 0.172. The molecule has 1 unspecified atom stereocenters. The van der Waals surface area contributed by atoms with Crippen molar-refractivity contribution in [3.05, 3.63) is 53.6 Å². The summed E-state index contributed by atoms with van der Waals surface area (Å²) >= 11 is 0. The number of aromatic carboxylic acids is 1. The Morgan fingerprint density at radius 2 is 2.08 bits per heavy atom. The van der Waals surface area contributed by atoms with E-state index in [1.807, 2.05) is 0 Å². The van der Waals surface area contributed by atoms with Gasteiger partial charge in [0.05, 0.1) is 11.1 Å². The van der Waals surface area contributed by atoms with Gasteiger partial charge in [0.2, 0.25) is 0 Å². The molecule has 0 fully saturated rings. The lowest BCUT2D eigenvalue weighted by Crippen LogP contribution is -2.41. The summed E-state index contributed by atoms with van der Waals surface area (Å²) < 4.78 is 5.37. The molecule has 1 aliphatic heterocycles. The molecular weight excluding hydrogens is 313 g/mol. The van der Waals surface area contributed by atoms with Crippen molar-refractivity contribution in [2.75, 3.05) is 6.54 Å².